The van der Waals surface area contributed by atoms with E-state index in [9.17, 15) is 5.11 Å². The molecule has 0 bridgehead atoms. The molecule has 110 valence electrons. The molecule has 0 amide bonds. The van der Waals surface area contributed by atoms with Crippen LogP contribution < -0.4 is 0 Å². The van der Waals surface area contributed by atoms with Gasteiger partial charge in [-0.3, -0.25) is 0 Å². The van der Waals surface area contributed by atoms with Gasteiger partial charge in [0.05, 0.1) is 6.10 Å². The Labute approximate surface area is 123 Å². The van der Waals surface area contributed by atoms with Crippen LogP contribution in [0.5, 0.6) is 0 Å². The maximum Gasteiger partial charge on any atom is 0.0543 e. The molecule has 3 fully saturated rings. The summed E-state index contributed by atoms with van der Waals surface area (Å²) in [7, 11) is 0. The standard InChI is InChI=1S/C19H28O/c1-18-9-3-4-16(18)15-6-5-13-12-14(20)7-11-19(13,2)17(15)8-10-18/h3-4,9,13-15,17,20H,5-8,10-12H2,1-2H3/t13?,14-,15+,17+,18+,19+/m1/s1. The van der Waals surface area contributed by atoms with Crippen molar-refractivity contribution in [2.45, 2.75) is 64.9 Å². The van der Waals surface area contributed by atoms with Crippen molar-refractivity contribution < 1.29 is 5.11 Å². The SMILES string of the molecule is C[C@@]12C=CC=C1[C@@H]1CCC3C[C@H](O)CC[C@]3(C)[C@H]1CC2. The summed E-state index contributed by atoms with van der Waals surface area (Å²) in [6.45, 7) is 4.99. The summed E-state index contributed by atoms with van der Waals surface area (Å²) in [5.41, 5.74) is 2.60. The fraction of sp³-hybridized carbons (Fsp3) is 0.789. The number of hydrogen-bond donors (Lipinski definition) is 1. The summed E-state index contributed by atoms with van der Waals surface area (Å²) in [6, 6.07) is 0. The van der Waals surface area contributed by atoms with Gasteiger partial charge in [-0.1, -0.05) is 37.6 Å². The molecule has 1 heteroatoms. The Morgan fingerprint density at radius 1 is 1.10 bits per heavy atom. The van der Waals surface area contributed by atoms with E-state index < -0.39 is 0 Å². The Kier molecular flexibility index (Phi) is 2.77. The second kappa shape index (κ2) is 4.22. The zero-order valence-corrected chi connectivity index (χ0v) is 12.9. The minimum absolute atomic E-state index is 0.0224. The Hall–Kier alpha value is -0.560. The van der Waals surface area contributed by atoms with Crippen molar-refractivity contribution >= 4 is 0 Å². The normalized spacial score (nSPS) is 53.9. The average Bonchev–Trinajstić information content (AvgIpc) is 2.81. The summed E-state index contributed by atoms with van der Waals surface area (Å²) in [5.74, 6) is 2.46. The zero-order chi connectivity index (χ0) is 14.0. The van der Waals surface area contributed by atoms with Gasteiger partial charge < -0.3 is 5.11 Å². The summed E-state index contributed by atoms with van der Waals surface area (Å²) in [5, 5.41) is 10.0. The Morgan fingerprint density at radius 3 is 2.80 bits per heavy atom. The highest BCUT2D eigenvalue weighted by molar-refractivity contribution is 5.37. The first-order chi connectivity index (χ1) is 9.53. The van der Waals surface area contributed by atoms with Gasteiger partial charge in [0.2, 0.25) is 0 Å². The van der Waals surface area contributed by atoms with Crippen molar-refractivity contribution in [2.24, 2.45) is 28.6 Å². The van der Waals surface area contributed by atoms with E-state index in [1.165, 1.54) is 32.1 Å². The third-order valence-electron chi connectivity index (χ3n) is 7.44. The molecule has 0 aromatic rings. The second-order valence-electron chi connectivity index (χ2n) is 8.36. The van der Waals surface area contributed by atoms with Crippen molar-refractivity contribution in [1.29, 1.82) is 0 Å². The number of hydrogen-bond acceptors (Lipinski definition) is 1. The van der Waals surface area contributed by atoms with Crippen molar-refractivity contribution in [2.75, 3.05) is 0 Å². The van der Waals surface area contributed by atoms with Crippen LogP contribution in [0.2, 0.25) is 0 Å². The quantitative estimate of drug-likeness (QED) is 0.689. The van der Waals surface area contributed by atoms with Crippen LogP contribution in [0, 0.1) is 28.6 Å². The number of rotatable bonds is 0. The number of aliphatic hydroxyl groups is 1. The van der Waals surface area contributed by atoms with E-state index in [4.69, 9.17) is 0 Å². The Morgan fingerprint density at radius 2 is 1.95 bits per heavy atom. The lowest BCUT2D eigenvalue weighted by Gasteiger charge is -2.58. The Bertz CT molecular complexity index is 476. The molecule has 1 N–H and O–H groups in total. The average molecular weight is 272 g/mol. The molecule has 1 unspecified atom stereocenters. The molecule has 4 rings (SSSR count). The second-order valence-corrected chi connectivity index (χ2v) is 8.36. The first-order valence-corrected chi connectivity index (χ1v) is 8.61. The van der Waals surface area contributed by atoms with Crippen LogP contribution in [-0.4, -0.2) is 11.2 Å². The van der Waals surface area contributed by atoms with E-state index in [-0.39, 0.29) is 6.10 Å². The molecule has 6 atom stereocenters. The lowest BCUT2D eigenvalue weighted by Crippen LogP contribution is -2.51. The summed E-state index contributed by atoms with van der Waals surface area (Å²) in [4.78, 5) is 0. The molecule has 0 heterocycles. The van der Waals surface area contributed by atoms with E-state index in [2.05, 4.69) is 32.1 Å². The number of fused-ring (bicyclic) bond motifs is 5. The van der Waals surface area contributed by atoms with Gasteiger partial charge >= 0.3 is 0 Å². The lowest BCUT2D eigenvalue weighted by atomic mass is 9.46. The molecule has 3 saturated carbocycles. The third-order valence-corrected chi connectivity index (χ3v) is 7.44. The molecule has 1 nitrogen and oxygen atoms in total. The van der Waals surface area contributed by atoms with Crippen LogP contribution in [-0.2, 0) is 0 Å². The molecule has 0 aromatic heterocycles. The summed E-state index contributed by atoms with van der Waals surface area (Å²) < 4.78 is 0. The van der Waals surface area contributed by atoms with Gasteiger partial charge in [0, 0.05) is 5.41 Å². The Balaban J connectivity index is 1.66. The van der Waals surface area contributed by atoms with E-state index in [1.807, 2.05) is 0 Å². The van der Waals surface area contributed by atoms with Crippen molar-refractivity contribution in [1.82, 2.24) is 0 Å². The van der Waals surface area contributed by atoms with Gasteiger partial charge in [-0.25, -0.2) is 0 Å². The maximum atomic E-state index is 10.0. The van der Waals surface area contributed by atoms with Crippen LogP contribution in [0.15, 0.2) is 23.8 Å². The highest BCUT2D eigenvalue weighted by Gasteiger charge is 2.54. The smallest absolute Gasteiger partial charge is 0.0543 e. The largest absolute Gasteiger partial charge is 0.393 e. The van der Waals surface area contributed by atoms with Gasteiger partial charge in [0.25, 0.3) is 0 Å². The van der Waals surface area contributed by atoms with Gasteiger partial charge in [-0.2, -0.15) is 0 Å². The molecular formula is C19H28O. The van der Waals surface area contributed by atoms with Gasteiger partial charge in [-0.15, -0.1) is 0 Å². The highest BCUT2D eigenvalue weighted by Crippen LogP contribution is 2.63. The van der Waals surface area contributed by atoms with Crippen LogP contribution in [0.3, 0.4) is 0 Å². The molecule has 0 aliphatic heterocycles. The van der Waals surface area contributed by atoms with Crippen LogP contribution in [0.4, 0.5) is 0 Å². The minimum Gasteiger partial charge on any atom is -0.393 e. The third kappa shape index (κ3) is 1.65. The first kappa shape index (κ1) is 13.1. The number of allylic oxidation sites excluding steroid dienone is 4. The summed E-state index contributed by atoms with van der Waals surface area (Å²) in [6.07, 6.45) is 15.9. The van der Waals surface area contributed by atoms with E-state index in [0.717, 1.165) is 30.6 Å². The monoisotopic (exact) mass is 272 g/mol. The fourth-order valence-electron chi connectivity index (χ4n) is 6.16. The van der Waals surface area contributed by atoms with Crippen LogP contribution >= 0.6 is 0 Å². The van der Waals surface area contributed by atoms with Crippen molar-refractivity contribution in [3.05, 3.63) is 23.8 Å². The molecule has 0 saturated heterocycles. The molecule has 4 aliphatic rings. The van der Waals surface area contributed by atoms with Crippen LogP contribution in [0.1, 0.15) is 58.8 Å². The maximum absolute atomic E-state index is 10.0. The first-order valence-electron chi connectivity index (χ1n) is 8.61. The summed E-state index contributed by atoms with van der Waals surface area (Å²) >= 11 is 0. The van der Waals surface area contributed by atoms with E-state index in [1.54, 1.807) is 5.57 Å². The molecule has 0 spiro atoms. The molecule has 0 radical (unpaired) electrons. The van der Waals surface area contributed by atoms with Gasteiger partial charge in [0.15, 0.2) is 0 Å². The van der Waals surface area contributed by atoms with Gasteiger partial charge in [0.1, 0.15) is 0 Å². The van der Waals surface area contributed by atoms with Crippen molar-refractivity contribution in [3.8, 4) is 0 Å². The fourth-order valence-corrected chi connectivity index (χ4v) is 6.16. The van der Waals surface area contributed by atoms with Crippen molar-refractivity contribution in [3.63, 3.8) is 0 Å². The van der Waals surface area contributed by atoms with E-state index in [0.29, 0.717) is 10.8 Å². The van der Waals surface area contributed by atoms with Gasteiger partial charge in [-0.05, 0) is 68.1 Å². The predicted octanol–water partition coefficient (Wildman–Crippen LogP) is 4.48. The molecule has 0 aromatic carbocycles. The number of aliphatic hydroxyl groups excluding tert-OH is 1. The zero-order valence-electron chi connectivity index (χ0n) is 12.9. The molecular weight excluding hydrogens is 244 g/mol. The van der Waals surface area contributed by atoms with E-state index >= 15 is 0 Å². The molecule has 20 heavy (non-hydrogen) atoms. The lowest BCUT2D eigenvalue weighted by molar-refractivity contribution is -0.0789. The molecule has 4 aliphatic carbocycles. The highest BCUT2D eigenvalue weighted by atomic mass is 16.3. The topological polar surface area (TPSA) is 20.2 Å². The predicted molar refractivity (Wildman–Crippen MR) is 82.2 cm³/mol. The minimum atomic E-state index is -0.0224. The van der Waals surface area contributed by atoms with Crippen LogP contribution in [0.25, 0.3) is 0 Å².